The van der Waals surface area contributed by atoms with Crippen LogP contribution in [0.1, 0.15) is 5.56 Å². The fourth-order valence-electron chi connectivity index (χ4n) is 2.42. The Morgan fingerprint density at radius 1 is 0.931 bits per heavy atom. The second-order valence-electron chi connectivity index (χ2n) is 5.79. The Hall–Kier alpha value is -2.00. The first kappa shape index (κ1) is 21.7. The van der Waals surface area contributed by atoms with Gasteiger partial charge in [0.2, 0.25) is 0 Å². The van der Waals surface area contributed by atoms with E-state index in [4.69, 9.17) is 34.8 Å². The molecule has 0 saturated heterocycles. The summed E-state index contributed by atoms with van der Waals surface area (Å²) in [6, 6.07) is 11.4. The minimum atomic E-state index is -4.71. The van der Waals surface area contributed by atoms with Gasteiger partial charge in [0.1, 0.15) is 0 Å². The lowest BCUT2D eigenvalue weighted by Crippen LogP contribution is -2.12. The van der Waals surface area contributed by atoms with Crippen molar-refractivity contribution in [2.24, 2.45) is 0 Å². The molecule has 4 nitrogen and oxygen atoms in total. The maximum absolute atomic E-state index is 12.9. The van der Waals surface area contributed by atoms with Crippen LogP contribution in [0.15, 0.2) is 59.6 Å². The number of halogens is 6. The van der Waals surface area contributed by atoms with E-state index in [0.29, 0.717) is 11.2 Å². The van der Waals surface area contributed by atoms with Crippen molar-refractivity contribution in [3.8, 4) is 11.3 Å². The summed E-state index contributed by atoms with van der Waals surface area (Å²) in [5.41, 5.74) is -0.738. The molecule has 0 fully saturated rings. The van der Waals surface area contributed by atoms with E-state index in [9.17, 15) is 21.6 Å². The summed E-state index contributed by atoms with van der Waals surface area (Å²) in [6.07, 6.45) is -4.13. The number of nitrogens with one attached hydrogen (secondary N) is 1. The molecule has 0 amide bonds. The summed E-state index contributed by atoms with van der Waals surface area (Å²) in [7, 11) is -3.91. The normalized spacial score (nSPS) is 12.1. The third kappa shape index (κ3) is 4.78. The highest BCUT2D eigenvalue weighted by molar-refractivity contribution is 7.92. The van der Waals surface area contributed by atoms with E-state index >= 15 is 0 Å². The largest absolute Gasteiger partial charge is 0.419 e. The third-order valence-corrected chi connectivity index (χ3v) is 6.28. The van der Waals surface area contributed by atoms with Gasteiger partial charge in [-0.05, 0) is 36.4 Å². The molecule has 0 saturated carbocycles. The van der Waals surface area contributed by atoms with Gasteiger partial charge in [-0.2, -0.15) is 13.2 Å². The van der Waals surface area contributed by atoms with Crippen LogP contribution in [0.25, 0.3) is 11.3 Å². The molecule has 0 aliphatic carbocycles. The molecule has 3 aromatic rings. The van der Waals surface area contributed by atoms with Crippen LogP contribution < -0.4 is 4.72 Å². The highest BCUT2D eigenvalue weighted by Gasteiger charge is 2.35. The quantitative estimate of drug-likeness (QED) is 0.461. The number of aromatic nitrogens is 1. The zero-order chi connectivity index (χ0) is 21.4. The highest BCUT2D eigenvalue weighted by Crippen LogP contribution is 2.41. The summed E-state index contributed by atoms with van der Waals surface area (Å²) >= 11 is 17.5. The maximum atomic E-state index is 12.9. The second kappa shape index (κ2) is 8.02. The van der Waals surface area contributed by atoms with Gasteiger partial charge in [0.05, 0.1) is 26.2 Å². The van der Waals surface area contributed by atoms with E-state index in [2.05, 4.69) is 9.71 Å². The molecule has 0 unspecified atom stereocenters. The van der Waals surface area contributed by atoms with Crippen molar-refractivity contribution < 1.29 is 21.6 Å². The van der Waals surface area contributed by atoms with Crippen LogP contribution in [0.3, 0.4) is 0 Å². The van der Waals surface area contributed by atoms with Crippen LogP contribution in [0.5, 0.6) is 0 Å². The van der Waals surface area contributed by atoms with Crippen molar-refractivity contribution in [2.75, 3.05) is 4.72 Å². The lowest BCUT2D eigenvalue weighted by Gasteiger charge is -2.13. The van der Waals surface area contributed by atoms with Gasteiger partial charge in [-0.25, -0.2) is 8.42 Å². The smallest absolute Gasteiger partial charge is 0.280 e. The summed E-state index contributed by atoms with van der Waals surface area (Å²) < 4.78 is 66.2. The number of hydrogen-bond acceptors (Lipinski definition) is 3. The molecule has 0 bridgehead atoms. The Morgan fingerprint density at radius 2 is 1.59 bits per heavy atom. The van der Waals surface area contributed by atoms with Crippen molar-refractivity contribution in [1.29, 1.82) is 0 Å². The van der Waals surface area contributed by atoms with Crippen LogP contribution >= 0.6 is 34.8 Å². The first-order chi connectivity index (χ1) is 13.5. The molecular formula is C18H10Cl3F3N2O2S. The summed E-state index contributed by atoms with van der Waals surface area (Å²) in [5, 5.41) is -0.693. The van der Waals surface area contributed by atoms with Crippen molar-refractivity contribution >= 4 is 50.5 Å². The van der Waals surface area contributed by atoms with E-state index in [-0.39, 0.29) is 26.9 Å². The van der Waals surface area contributed by atoms with E-state index in [1.165, 1.54) is 48.5 Å². The fourth-order valence-corrected chi connectivity index (χ4v) is 4.10. The van der Waals surface area contributed by atoms with Gasteiger partial charge >= 0.3 is 6.18 Å². The molecule has 1 aromatic heterocycles. The molecular weight excluding hydrogens is 472 g/mol. The number of anilines is 1. The molecule has 2 aromatic carbocycles. The Morgan fingerprint density at radius 3 is 2.21 bits per heavy atom. The van der Waals surface area contributed by atoms with Gasteiger partial charge < -0.3 is 0 Å². The number of hydrogen-bond donors (Lipinski definition) is 1. The van der Waals surface area contributed by atoms with Crippen molar-refractivity contribution in [3.05, 3.63) is 75.4 Å². The second-order valence-corrected chi connectivity index (χ2v) is 8.66. The lowest BCUT2D eigenvalue weighted by molar-refractivity contribution is -0.137. The molecule has 152 valence electrons. The zero-order valence-electron chi connectivity index (χ0n) is 14.1. The van der Waals surface area contributed by atoms with Crippen LogP contribution in [0.2, 0.25) is 15.1 Å². The summed E-state index contributed by atoms with van der Waals surface area (Å²) in [5.74, 6) is 0. The molecule has 1 N–H and O–H groups in total. The Balaban J connectivity index is 1.96. The number of sulfonamides is 1. The number of nitrogens with zero attached hydrogens (tertiary/aromatic N) is 1. The van der Waals surface area contributed by atoms with Crippen LogP contribution in [0, 0.1) is 0 Å². The molecule has 0 radical (unpaired) electrons. The minimum absolute atomic E-state index is 0.0129. The monoisotopic (exact) mass is 480 g/mol. The van der Waals surface area contributed by atoms with Crippen molar-refractivity contribution in [3.63, 3.8) is 0 Å². The van der Waals surface area contributed by atoms with E-state index in [1.54, 1.807) is 0 Å². The third-order valence-electron chi connectivity index (χ3n) is 3.78. The highest BCUT2D eigenvalue weighted by atomic mass is 35.5. The molecule has 1 heterocycles. The Kier molecular flexibility index (Phi) is 6.01. The molecule has 0 atom stereocenters. The molecule has 29 heavy (non-hydrogen) atoms. The van der Waals surface area contributed by atoms with E-state index in [1.807, 2.05) is 0 Å². The number of rotatable bonds is 4. The van der Waals surface area contributed by atoms with Gasteiger partial charge in [0.25, 0.3) is 10.0 Å². The minimum Gasteiger partial charge on any atom is -0.280 e. The molecule has 11 heteroatoms. The molecule has 0 spiro atoms. The molecule has 0 aliphatic rings. The summed E-state index contributed by atoms with van der Waals surface area (Å²) in [6.45, 7) is 0. The Bertz CT molecular complexity index is 1170. The van der Waals surface area contributed by atoms with Crippen LogP contribution in [-0.4, -0.2) is 13.4 Å². The van der Waals surface area contributed by atoms with Crippen molar-refractivity contribution in [2.45, 2.75) is 11.1 Å². The molecule has 0 aliphatic heterocycles. The van der Waals surface area contributed by atoms with Gasteiger partial charge in [-0.3, -0.25) is 9.71 Å². The van der Waals surface area contributed by atoms with E-state index < -0.39 is 26.8 Å². The predicted molar refractivity (Wildman–Crippen MR) is 107 cm³/mol. The first-order valence-electron chi connectivity index (χ1n) is 7.79. The average molecular weight is 482 g/mol. The number of benzene rings is 2. The topological polar surface area (TPSA) is 59.1 Å². The predicted octanol–water partition coefficient (Wildman–Crippen LogP) is 6.53. The maximum Gasteiger partial charge on any atom is 0.419 e. The first-order valence-corrected chi connectivity index (χ1v) is 10.4. The number of alkyl halides is 3. The van der Waals surface area contributed by atoms with Gasteiger partial charge in [-0.15, -0.1) is 0 Å². The fraction of sp³-hybridized carbons (Fsp3) is 0.0556. The Labute approximate surface area is 179 Å². The van der Waals surface area contributed by atoms with E-state index in [0.717, 1.165) is 0 Å². The number of pyridine rings is 1. The lowest BCUT2D eigenvalue weighted by atomic mass is 10.1. The van der Waals surface area contributed by atoms with Crippen LogP contribution in [-0.2, 0) is 16.2 Å². The van der Waals surface area contributed by atoms with Gasteiger partial charge in [0, 0.05) is 22.5 Å². The van der Waals surface area contributed by atoms with Crippen LogP contribution in [0.4, 0.5) is 18.9 Å². The zero-order valence-corrected chi connectivity index (χ0v) is 17.2. The summed E-state index contributed by atoms with van der Waals surface area (Å²) in [4.78, 5) is 3.74. The standard InChI is InChI=1S/C18H10Cl3F3N2O2S/c19-11-4-6-13(7-5-11)29(27,28)26-12-3-1-2-10(8-12)17-16(21)15(20)14(9-25-17)18(22,23)24/h1-9,26H. The van der Waals surface area contributed by atoms with Gasteiger partial charge in [0.15, 0.2) is 0 Å². The SMILES string of the molecule is O=S(=O)(Nc1cccc(-c2ncc(C(F)(F)F)c(Cl)c2Cl)c1)c1ccc(Cl)cc1. The van der Waals surface area contributed by atoms with Crippen molar-refractivity contribution in [1.82, 2.24) is 4.98 Å². The average Bonchev–Trinajstić information content (AvgIpc) is 2.63. The van der Waals surface area contributed by atoms with Gasteiger partial charge in [-0.1, -0.05) is 46.9 Å². The molecule has 3 rings (SSSR count).